The molecule has 0 saturated carbocycles. The van der Waals surface area contributed by atoms with Crippen LogP contribution in [0.2, 0.25) is 0 Å². The fraction of sp³-hybridized carbons (Fsp3) is 1.00. The molecule has 142 valence electrons. The predicted molar refractivity (Wildman–Crippen MR) is 110 cm³/mol. The molecule has 0 amide bonds. The molecule has 23 heavy (non-hydrogen) atoms. The quantitative estimate of drug-likeness (QED) is 0.442. The third-order valence-electron chi connectivity index (χ3n) is 6.31. The Kier molecular flexibility index (Phi) is 11.8. The summed E-state index contributed by atoms with van der Waals surface area (Å²) in [5.74, 6) is 6.47. The van der Waals surface area contributed by atoms with Crippen molar-refractivity contribution in [1.82, 2.24) is 0 Å². The third-order valence-corrected chi connectivity index (χ3v) is 6.31. The molecule has 0 radical (unpaired) electrons. The molecule has 0 aromatic rings. The minimum atomic E-state index is 0.500. The summed E-state index contributed by atoms with van der Waals surface area (Å²) in [6.07, 6.45) is 0. The number of hydrogen-bond donors (Lipinski definition) is 0. The van der Waals surface area contributed by atoms with E-state index in [1.165, 1.54) is 0 Å². The lowest BCUT2D eigenvalue weighted by Gasteiger charge is -2.49. The summed E-state index contributed by atoms with van der Waals surface area (Å²) in [6, 6.07) is 0. The third kappa shape index (κ3) is 6.79. The summed E-state index contributed by atoms with van der Waals surface area (Å²) in [7, 11) is 0. The normalized spacial score (nSPS) is 13.3. The molecule has 0 aromatic heterocycles. The monoisotopic (exact) mass is 326 g/mol. The van der Waals surface area contributed by atoms with E-state index in [-0.39, 0.29) is 0 Å². The summed E-state index contributed by atoms with van der Waals surface area (Å²) >= 11 is 0. The lowest BCUT2D eigenvalue weighted by atomic mass is 9.56. The van der Waals surface area contributed by atoms with Crippen LogP contribution in [0.3, 0.4) is 0 Å². The van der Waals surface area contributed by atoms with Crippen molar-refractivity contribution in [2.75, 3.05) is 0 Å². The lowest BCUT2D eigenvalue weighted by Crippen LogP contribution is -2.42. The first-order valence-electron chi connectivity index (χ1n) is 10.2. The second-order valence-corrected chi connectivity index (χ2v) is 9.93. The van der Waals surface area contributed by atoms with Gasteiger partial charge in [-0.2, -0.15) is 0 Å². The predicted octanol–water partition coefficient (Wildman–Crippen LogP) is 8.17. The highest BCUT2D eigenvalue weighted by Gasteiger charge is 2.42. The first kappa shape index (κ1) is 25.2. The van der Waals surface area contributed by atoms with Gasteiger partial charge < -0.3 is 0 Å². The van der Waals surface area contributed by atoms with Crippen LogP contribution in [-0.4, -0.2) is 0 Å². The average molecular weight is 327 g/mol. The van der Waals surface area contributed by atoms with Crippen molar-refractivity contribution in [3.05, 3.63) is 0 Å². The van der Waals surface area contributed by atoms with Crippen molar-refractivity contribution in [1.29, 1.82) is 0 Å². The first-order chi connectivity index (χ1) is 10.2. The minimum absolute atomic E-state index is 0.500. The molecule has 0 aliphatic heterocycles. The van der Waals surface area contributed by atoms with Gasteiger partial charge in [0, 0.05) is 0 Å². The fourth-order valence-corrected chi connectivity index (χ4v) is 6.31. The van der Waals surface area contributed by atoms with E-state index in [1.807, 2.05) is 0 Å². The lowest BCUT2D eigenvalue weighted by molar-refractivity contribution is -0.00353. The molecule has 0 nitrogen and oxygen atoms in total. The second kappa shape index (κ2) is 10.8. The standard InChI is InChI=1S/C13H28.C10H22/c1-9(2)13(10(3)4,11(5)6)12(7)8;1-7(2)10(8(3)4)9(5)6/h9-12H,1-8H3;7-10H,1-6H3. The summed E-state index contributed by atoms with van der Waals surface area (Å²) in [5, 5.41) is 0. The van der Waals surface area contributed by atoms with Crippen LogP contribution in [0.5, 0.6) is 0 Å². The largest absolute Gasteiger partial charge is 0.0625 e. The van der Waals surface area contributed by atoms with Crippen LogP contribution in [0.25, 0.3) is 0 Å². The summed E-state index contributed by atoms with van der Waals surface area (Å²) in [5.41, 5.74) is 0.500. The average Bonchev–Trinajstić information content (AvgIpc) is 2.25. The Balaban J connectivity index is 0. The van der Waals surface area contributed by atoms with E-state index in [0.717, 1.165) is 47.3 Å². The van der Waals surface area contributed by atoms with E-state index in [9.17, 15) is 0 Å². The van der Waals surface area contributed by atoms with E-state index >= 15 is 0 Å². The van der Waals surface area contributed by atoms with Gasteiger partial charge in [0.15, 0.2) is 0 Å². The molecule has 0 unspecified atom stereocenters. The Morgan fingerprint density at radius 3 is 0.522 bits per heavy atom. The summed E-state index contributed by atoms with van der Waals surface area (Å²) < 4.78 is 0. The van der Waals surface area contributed by atoms with Crippen molar-refractivity contribution in [3.8, 4) is 0 Å². The first-order valence-corrected chi connectivity index (χ1v) is 10.2. The van der Waals surface area contributed by atoms with Crippen LogP contribution >= 0.6 is 0 Å². The Hall–Kier alpha value is 0. The fourth-order valence-electron chi connectivity index (χ4n) is 6.31. The molecule has 0 N–H and O–H groups in total. The molecule has 0 heteroatoms. The molecule has 0 bridgehead atoms. The van der Waals surface area contributed by atoms with Gasteiger partial charge in [0.25, 0.3) is 0 Å². The van der Waals surface area contributed by atoms with Crippen LogP contribution in [-0.2, 0) is 0 Å². The molecule has 0 rings (SSSR count). The van der Waals surface area contributed by atoms with Crippen molar-refractivity contribution in [3.63, 3.8) is 0 Å². The van der Waals surface area contributed by atoms with Gasteiger partial charge in [-0.15, -0.1) is 0 Å². The van der Waals surface area contributed by atoms with Gasteiger partial charge in [0.05, 0.1) is 0 Å². The van der Waals surface area contributed by atoms with Gasteiger partial charge in [-0.1, -0.05) is 96.9 Å². The van der Waals surface area contributed by atoms with Crippen molar-refractivity contribution in [2.24, 2.45) is 52.8 Å². The Morgan fingerprint density at radius 1 is 0.348 bits per heavy atom. The zero-order chi connectivity index (χ0) is 19.1. The van der Waals surface area contributed by atoms with Gasteiger partial charge in [-0.25, -0.2) is 0 Å². The smallest absolute Gasteiger partial charge is 0.0205 e. The minimum Gasteiger partial charge on any atom is -0.0625 e. The Morgan fingerprint density at radius 2 is 0.522 bits per heavy atom. The molecule has 0 aliphatic carbocycles. The molecule has 0 aliphatic rings. The van der Waals surface area contributed by atoms with Gasteiger partial charge in [-0.3, -0.25) is 0 Å². The van der Waals surface area contributed by atoms with Crippen LogP contribution < -0.4 is 0 Å². The van der Waals surface area contributed by atoms with Crippen LogP contribution in [0.15, 0.2) is 0 Å². The van der Waals surface area contributed by atoms with Crippen LogP contribution in [0.4, 0.5) is 0 Å². The van der Waals surface area contributed by atoms with Crippen molar-refractivity contribution in [2.45, 2.75) is 96.9 Å². The maximum Gasteiger partial charge on any atom is -0.0205 e. The topological polar surface area (TPSA) is 0 Å². The van der Waals surface area contributed by atoms with Crippen LogP contribution in [0.1, 0.15) is 96.9 Å². The van der Waals surface area contributed by atoms with Gasteiger partial charge in [0.1, 0.15) is 0 Å². The Labute approximate surface area is 150 Å². The second-order valence-electron chi connectivity index (χ2n) is 9.93. The zero-order valence-electron chi connectivity index (χ0n) is 19.1. The van der Waals surface area contributed by atoms with Gasteiger partial charge >= 0.3 is 0 Å². The van der Waals surface area contributed by atoms with E-state index < -0.39 is 0 Å². The highest BCUT2D eigenvalue weighted by molar-refractivity contribution is 4.90. The maximum absolute atomic E-state index is 2.38. The zero-order valence-corrected chi connectivity index (χ0v) is 19.1. The highest BCUT2D eigenvalue weighted by Crippen LogP contribution is 2.48. The Bertz CT molecular complexity index is 222. The van der Waals surface area contributed by atoms with E-state index in [0.29, 0.717) is 5.41 Å². The molecule has 0 fully saturated rings. The number of rotatable bonds is 7. The number of hydrogen-bond acceptors (Lipinski definition) is 0. The van der Waals surface area contributed by atoms with Crippen molar-refractivity contribution >= 4 is 0 Å². The molecular formula is C23H50. The molecule has 0 saturated heterocycles. The van der Waals surface area contributed by atoms with E-state index in [2.05, 4.69) is 96.9 Å². The van der Waals surface area contributed by atoms with E-state index in [4.69, 9.17) is 0 Å². The molecule has 0 aromatic carbocycles. The van der Waals surface area contributed by atoms with E-state index in [1.54, 1.807) is 0 Å². The highest BCUT2D eigenvalue weighted by atomic mass is 14.5. The summed E-state index contributed by atoms with van der Waals surface area (Å²) in [6.45, 7) is 32.9. The molecule has 0 atom stereocenters. The molecule has 0 spiro atoms. The van der Waals surface area contributed by atoms with Gasteiger partial charge in [0.2, 0.25) is 0 Å². The molecule has 0 heterocycles. The van der Waals surface area contributed by atoms with Crippen LogP contribution in [0, 0.1) is 52.8 Å². The molecular weight excluding hydrogens is 276 g/mol. The SMILES string of the molecule is CC(C)C(C(C)C)(C(C)C)C(C)C.CC(C)C(C(C)C)C(C)C. The maximum atomic E-state index is 2.38. The summed E-state index contributed by atoms with van der Waals surface area (Å²) in [4.78, 5) is 0. The van der Waals surface area contributed by atoms with Gasteiger partial charge in [-0.05, 0) is 52.8 Å². The van der Waals surface area contributed by atoms with Crippen molar-refractivity contribution < 1.29 is 0 Å².